The van der Waals surface area contributed by atoms with Crippen molar-refractivity contribution in [1.29, 1.82) is 0 Å². The second-order valence-corrected chi connectivity index (χ2v) is 5.70. The molecule has 2 unspecified atom stereocenters. The lowest BCUT2D eigenvalue weighted by Gasteiger charge is -2.05. The number of carbonyl (C=O) groups excluding carboxylic acids is 2. The monoisotopic (exact) mass is 267 g/mol. The van der Waals surface area contributed by atoms with Crippen molar-refractivity contribution >= 4 is 11.6 Å². The highest BCUT2D eigenvalue weighted by Gasteiger charge is 2.36. The van der Waals surface area contributed by atoms with Crippen molar-refractivity contribution in [1.82, 2.24) is 5.32 Å². The van der Waals surface area contributed by atoms with E-state index in [1.807, 2.05) is 0 Å². The standard InChI is InChI=1S/C15H25NO3/c17-12-6-3-1-2-4-9-14-15(16-14)19-11-10-13(18)8-5-7-12/h14-16H,1-11H2. The Balaban J connectivity index is 1.71. The summed E-state index contributed by atoms with van der Waals surface area (Å²) in [6.45, 7) is 0.515. The number of ketones is 2. The van der Waals surface area contributed by atoms with Gasteiger partial charge < -0.3 is 4.74 Å². The first kappa shape index (κ1) is 14.7. The van der Waals surface area contributed by atoms with E-state index in [9.17, 15) is 9.59 Å². The van der Waals surface area contributed by atoms with Gasteiger partial charge in [-0.15, -0.1) is 0 Å². The predicted molar refractivity (Wildman–Crippen MR) is 72.8 cm³/mol. The van der Waals surface area contributed by atoms with E-state index < -0.39 is 0 Å². The lowest BCUT2D eigenvalue weighted by Crippen LogP contribution is -2.09. The molecule has 0 spiro atoms. The second kappa shape index (κ2) is 7.75. The Hall–Kier alpha value is -0.740. The van der Waals surface area contributed by atoms with E-state index >= 15 is 0 Å². The summed E-state index contributed by atoms with van der Waals surface area (Å²) in [5, 5.41) is 3.30. The molecule has 2 fully saturated rings. The molecule has 2 heterocycles. The van der Waals surface area contributed by atoms with Gasteiger partial charge in [-0.1, -0.05) is 19.3 Å². The van der Waals surface area contributed by atoms with E-state index in [4.69, 9.17) is 4.74 Å². The molecule has 0 saturated carbocycles. The van der Waals surface area contributed by atoms with Crippen LogP contribution in [0.25, 0.3) is 0 Å². The van der Waals surface area contributed by atoms with Gasteiger partial charge in [0.15, 0.2) is 0 Å². The summed E-state index contributed by atoms with van der Waals surface area (Å²) < 4.78 is 5.61. The van der Waals surface area contributed by atoms with Crippen LogP contribution in [0.3, 0.4) is 0 Å². The summed E-state index contributed by atoms with van der Waals surface area (Å²) in [7, 11) is 0. The molecule has 1 N–H and O–H groups in total. The molecular weight excluding hydrogens is 242 g/mol. The first-order valence-electron chi connectivity index (χ1n) is 7.67. The van der Waals surface area contributed by atoms with Crippen LogP contribution in [0.2, 0.25) is 0 Å². The van der Waals surface area contributed by atoms with Gasteiger partial charge in [0.05, 0.1) is 6.61 Å². The van der Waals surface area contributed by atoms with Crippen LogP contribution in [0.15, 0.2) is 0 Å². The maximum absolute atomic E-state index is 11.6. The van der Waals surface area contributed by atoms with Gasteiger partial charge >= 0.3 is 0 Å². The molecule has 4 nitrogen and oxygen atoms in total. The quantitative estimate of drug-likeness (QED) is 0.684. The van der Waals surface area contributed by atoms with Crippen LogP contribution >= 0.6 is 0 Å². The molecule has 0 radical (unpaired) electrons. The van der Waals surface area contributed by atoms with Gasteiger partial charge in [-0.05, 0) is 19.3 Å². The van der Waals surface area contributed by atoms with Gasteiger partial charge in [-0.25, -0.2) is 0 Å². The zero-order valence-corrected chi connectivity index (χ0v) is 11.7. The molecule has 2 aliphatic heterocycles. The van der Waals surface area contributed by atoms with E-state index in [1.54, 1.807) is 0 Å². The smallest absolute Gasteiger partial charge is 0.135 e. The van der Waals surface area contributed by atoms with E-state index in [0.717, 1.165) is 19.3 Å². The molecule has 0 aromatic carbocycles. The molecule has 0 amide bonds. The number of hydrogen-bond acceptors (Lipinski definition) is 4. The zero-order valence-electron chi connectivity index (χ0n) is 11.7. The van der Waals surface area contributed by atoms with Crippen molar-refractivity contribution in [3.63, 3.8) is 0 Å². The summed E-state index contributed by atoms with van der Waals surface area (Å²) >= 11 is 0. The van der Waals surface area contributed by atoms with Crippen LogP contribution in [0.1, 0.15) is 64.2 Å². The number of ether oxygens (including phenoxy) is 1. The number of hydrogen-bond donors (Lipinski definition) is 1. The number of rotatable bonds is 0. The van der Waals surface area contributed by atoms with E-state index in [1.165, 1.54) is 12.8 Å². The largest absolute Gasteiger partial charge is 0.361 e. The minimum atomic E-state index is 0.183. The van der Waals surface area contributed by atoms with Crippen molar-refractivity contribution < 1.29 is 14.3 Å². The Morgan fingerprint density at radius 3 is 2.37 bits per heavy atom. The minimum Gasteiger partial charge on any atom is -0.361 e. The molecule has 2 aliphatic rings. The fourth-order valence-electron chi connectivity index (χ4n) is 2.63. The first-order chi connectivity index (χ1) is 9.25. The molecule has 0 aromatic heterocycles. The van der Waals surface area contributed by atoms with E-state index in [-0.39, 0.29) is 12.0 Å². The first-order valence-corrected chi connectivity index (χ1v) is 7.67. The molecule has 0 aliphatic carbocycles. The molecule has 2 atom stereocenters. The summed E-state index contributed by atoms with van der Waals surface area (Å²) in [4.78, 5) is 23.2. The normalized spacial score (nSPS) is 31.8. The van der Waals surface area contributed by atoms with Crippen LogP contribution in [0.4, 0.5) is 0 Å². The topological polar surface area (TPSA) is 65.3 Å². The highest BCUT2D eigenvalue weighted by molar-refractivity contribution is 5.81. The fraction of sp³-hybridized carbons (Fsp3) is 0.867. The third-order valence-electron chi connectivity index (χ3n) is 3.94. The van der Waals surface area contributed by atoms with Gasteiger partial charge in [0, 0.05) is 31.7 Å². The van der Waals surface area contributed by atoms with Crippen LogP contribution in [-0.4, -0.2) is 30.4 Å². The summed E-state index contributed by atoms with van der Waals surface area (Å²) in [6, 6.07) is 0.490. The minimum absolute atomic E-state index is 0.183. The maximum atomic E-state index is 11.6. The van der Waals surface area contributed by atoms with Crippen LogP contribution < -0.4 is 5.32 Å². The number of carbonyl (C=O) groups is 2. The Bertz CT molecular complexity index is 317. The van der Waals surface area contributed by atoms with Crippen LogP contribution in [-0.2, 0) is 14.3 Å². The Morgan fingerprint density at radius 2 is 1.53 bits per heavy atom. The fourth-order valence-corrected chi connectivity index (χ4v) is 2.63. The van der Waals surface area contributed by atoms with Crippen LogP contribution in [0.5, 0.6) is 0 Å². The van der Waals surface area contributed by atoms with Gasteiger partial charge in [-0.2, -0.15) is 0 Å². The molecule has 2 rings (SSSR count). The molecule has 19 heavy (non-hydrogen) atoms. The molecule has 2 saturated heterocycles. The average Bonchev–Trinajstić information content (AvgIpc) is 3.11. The third kappa shape index (κ3) is 5.83. The lowest BCUT2D eigenvalue weighted by atomic mass is 10.0. The molecule has 4 heteroatoms. The van der Waals surface area contributed by atoms with Gasteiger partial charge in [-0.3, -0.25) is 14.9 Å². The zero-order chi connectivity index (χ0) is 13.5. The maximum Gasteiger partial charge on any atom is 0.135 e. The highest BCUT2D eigenvalue weighted by Crippen LogP contribution is 2.20. The second-order valence-electron chi connectivity index (χ2n) is 5.70. The Morgan fingerprint density at radius 1 is 0.842 bits per heavy atom. The van der Waals surface area contributed by atoms with Crippen molar-refractivity contribution in [3.8, 4) is 0 Å². The van der Waals surface area contributed by atoms with Crippen molar-refractivity contribution in [3.05, 3.63) is 0 Å². The third-order valence-corrected chi connectivity index (χ3v) is 3.94. The highest BCUT2D eigenvalue weighted by atomic mass is 16.5. The van der Waals surface area contributed by atoms with Crippen molar-refractivity contribution in [2.45, 2.75) is 76.5 Å². The number of nitrogens with one attached hydrogen (secondary N) is 1. The lowest BCUT2D eigenvalue weighted by molar-refractivity contribution is -0.121. The summed E-state index contributed by atoms with van der Waals surface area (Å²) in [5.41, 5.74) is 0. The average molecular weight is 267 g/mol. The predicted octanol–water partition coefficient (Wildman–Crippen LogP) is 2.35. The SMILES string of the molecule is O=C1CCCCCCC2NC2OCCC(=O)CCC1. The molecule has 0 bridgehead atoms. The Labute approximate surface area is 115 Å². The summed E-state index contributed by atoms with van der Waals surface area (Å²) in [6.07, 6.45) is 8.86. The van der Waals surface area contributed by atoms with Crippen molar-refractivity contribution in [2.24, 2.45) is 0 Å². The van der Waals surface area contributed by atoms with Gasteiger partial charge in [0.25, 0.3) is 0 Å². The Kier molecular flexibility index (Phi) is 5.98. The summed E-state index contributed by atoms with van der Waals surface area (Å²) in [5.74, 6) is 0.539. The molecule has 108 valence electrons. The van der Waals surface area contributed by atoms with Gasteiger partial charge in [0.1, 0.15) is 17.8 Å². The van der Waals surface area contributed by atoms with Crippen LogP contribution in [0, 0.1) is 0 Å². The van der Waals surface area contributed by atoms with E-state index in [0.29, 0.717) is 50.5 Å². The van der Waals surface area contributed by atoms with Gasteiger partial charge in [0.2, 0.25) is 0 Å². The van der Waals surface area contributed by atoms with Crippen molar-refractivity contribution in [2.75, 3.05) is 6.61 Å². The molecule has 0 aromatic rings. The number of Topliss-reactive ketones (excluding diaryl/α,β-unsaturated/α-hetero) is 2. The molecular formula is C15H25NO3. The number of fused-ring (bicyclic) bond motifs is 1. The van der Waals surface area contributed by atoms with E-state index in [2.05, 4.69) is 5.32 Å².